The Bertz CT molecular complexity index is 547. The zero-order valence-corrected chi connectivity index (χ0v) is 10.9. The van der Waals surface area contributed by atoms with E-state index in [1.807, 2.05) is 0 Å². The third-order valence-electron chi connectivity index (χ3n) is 3.82. The first-order valence-electron chi connectivity index (χ1n) is 6.68. The number of fused-ring (bicyclic) bond motifs is 1. The van der Waals surface area contributed by atoms with Gasteiger partial charge in [-0.2, -0.15) is 0 Å². The van der Waals surface area contributed by atoms with Gasteiger partial charge in [0.25, 0.3) is 0 Å². The molecule has 0 spiro atoms. The van der Waals surface area contributed by atoms with Crippen LogP contribution < -0.4 is 0 Å². The summed E-state index contributed by atoms with van der Waals surface area (Å²) in [5.74, 6) is -0.128. The first kappa shape index (κ1) is 12.5. The maximum atomic E-state index is 13.1. The van der Waals surface area contributed by atoms with Crippen molar-refractivity contribution < 1.29 is 8.78 Å². The zero-order valence-electron chi connectivity index (χ0n) is 10.9. The molecule has 0 amide bonds. The number of rotatable bonds is 2. The van der Waals surface area contributed by atoms with Crippen molar-refractivity contribution in [3.63, 3.8) is 0 Å². The van der Waals surface area contributed by atoms with Crippen LogP contribution in [-0.2, 0) is 6.54 Å². The third kappa shape index (κ3) is 2.61. The number of nitrogens with one attached hydrogen (secondary N) is 1. The van der Waals surface area contributed by atoms with Crippen LogP contribution in [0.15, 0.2) is 12.1 Å². The first-order valence-corrected chi connectivity index (χ1v) is 6.68. The first-order chi connectivity index (χ1) is 9.11. The predicted octanol–water partition coefficient (Wildman–Crippen LogP) is 3.07. The summed E-state index contributed by atoms with van der Waals surface area (Å²) in [6, 6.07) is 2.31. The van der Waals surface area contributed by atoms with Gasteiger partial charge in [0.1, 0.15) is 5.82 Å². The van der Waals surface area contributed by atoms with E-state index in [4.69, 9.17) is 0 Å². The zero-order chi connectivity index (χ0) is 13.4. The van der Waals surface area contributed by atoms with E-state index in [9.17, 15) is 8.78 Å². The molecule has 1 N–H and O–H groups in total. The molecule has 0 aliphatic carbocycles. The average Bonchev–Trinajstić information content (AvgIpc) is 2.74. The summed E-state index contributed by atoms with van der Waals surface area (Å²) in [6.45, 7) is 5.09. The van der Waals surface area contributed by atoms with Crippen LogP contribution in [0.1, 0.15) is 25.6 Å². The predicted molar refractivity (Wildman–Crippen MR) is 69.7 cm³/mol. The number of halogens is 2. The summed E-state index contributed by atoms with van der Waals surface area (Å²) in [5, 5.41) is 0. The van der Waals surface area contributed by atoms with E-state index in [1.54, 1.807) is 0 Å². The van der Waals surface area contributed by atoms with Crippen molar-refractivity contribution >= 4 is 11.0 Å². The van der Waals surface area contributed by atoms with E-state index in [0.717, 1.165) is 30.9 Å². The number of hydrogen-bond donors (Lipinski definition) is 1. The summed E-state index contributed by atoms with van der Waals surface area (Å²) in [5.41, 5.74) is 1.04. The highest BCUT2D eigenvalue weighted by atomic mass is 19.2. The Morgan fingerprint density at radius 3 is 2.68 bits per heavy atom. The number of imidazole rings is 1. The molecule has 0 radical (unpaired) electrons. The number of benzene rings is 1. The number of hydrogen-bond acceptors (Lipinski definition) is 2. The van der Waals surface area contributed by atoms with Crippen molar-refractivity contribution in [2.24, 2.45) is 5.92 Å². The normalized spacial score (nSPS) is 18.3. The second-order valence-corrected chi connectivity index (χ2v) is 5.43. The number of H-pyrrole nitrogens is 1. The summed E-state index contributed by atoms with van der Waals surface area (Å²) < 4.78 is 26.2. The molecule has 1 aromatic heterocycles. The van der Waals surface area contributed by atoms with Crippen LogP contribution in [0.2, 0.25) is 0 Å². The molecule has 5 heteroatoms. The molecular formula is C14H17F2N3. The van der Waals surface area contributed by atoms with Crippen LogP contribution >= 0.6 is 0 Å². The van der Waals surface area contributed by atoms with E-state index in [-0.39, 0.29) is 0 Å². The number of likely N-dealkylation sites (tertiary alicyclic amines) is 1. The van der Waals surface area contributed by atoms with Gasteiger partial charge in [-0.25, -0.2) is 13.8 Å². The van der Waals surface area contributed by atoms with Gasteiger partial charge in [-0.1, -0.05) is 6.92 Å². The van der Waals surface area contributed by atoms with E-state index in [2.05, 4.69) is 21.8 Å². The minimum atomic E-state index is -0.850. The van der Waals surface area contributed by atoms with Crippen LogP contribution in [-0.4, -0.2) is 28.0 Å². The Balaban J connectivity index is 1.78. The number of aromatic amines is 1. The van der Waals surface area contributed by atoms with Gasteiger partial charge in [0.15, 0.2) is 11.6 Å². The molecule has 2 aromatic rings. The minimum absolute atomic E-state index is 0.485. The quantitative estimate of drug-likeness (QED) is 0.905. The Hall–Kier alpha value is -1.49. The monoisotopic (exact) mass is 265 g/mol. The fraction of sp³-hybridized carbons (Fsp3) is 0.500. The fourth-order valence-corrected chi connectivity index (χ4v) is 2.56. The Labute approximate surface area is 110 Å². The standard InChI is InChI=1S/C14H17F2N3/c1-9-2-4-19(5-3-9)8-14-17-12-6-10(15)11(16)7-13(12)18-14/h6-7,9H,2-5,8H2,1H3,(H,17,18). The molecule has 1 aliphatic rings. The van der Waals surface area contributed by atoms with Gasteiger partial charge < -0.3 is 4.98 Å². The average molecular weight is 265 g/mol. The van der Waals surface area contributed by atoms with Gasteiger partial charge in [-0.05, 0) is 31.8 Å². The Morgan fingerprint density at radius 1 is 1.26 bits per heavy atom. The third-order valence-corrected chi connectivity index (χ3v) is 3.82. The topological polar surface area (TPSA) is 31.9 Å². The lowest BCUT2D eigenvalue weighted by Crippen LogP contribution is -2.32. The highest BCUT2D eigenvalue weighted by Gasteiger charge is 2.17. The number of nitrogens with zero attached hydrogens (tertiary/aromatic N) is 2. The smallest absolute Gasteiger partial charge is 0.161 e. The van der Waals surface area contributed by atoms with Crippen LogP contribution in [0.25, 0.3) is 11.0 Å². The summed E-state index contributed by atoms with van der Waals surface area (Å²) in [7, 11) is 0. The molecule has 1 aromatic carbocycles. The van der Waals surface area contributed by atoms with Crippen molar-refractivity contribution in [1.82, 2.24) is 14.9 Å². The lowest BCUT2D eigenvalue weighted by atomic mass is 9.99. The molecule has 0 atom stereocenters. The molecule has 0 bridgehead atoms. The summed E-state index contributed by atoms with van der Waals surface area (Å²) in [6.07, 6.45) is 2.40. The van der Waals surface area contributed by atoms with Crippen LogP contribution in [0.4, 0.5) is 8.78 Å². The van der Waals surface area contributed by atoms with E-state index in [1.165, 1.54) is 18.9 Å². The van der Waals surface area contributed by atoms with Crippen LogP contribution in [0.3, 0.4) is 0 Å². The maximum Gasteiger partial charge on any atom is 0.161 e. The van der Waals surface area contributed by atoms with Crippen LogP contribution in [0.5, 0.6) is 0 Å². The molecule has 1 saturated heterocycles. The molecule has 0 saturated carbocycles. The van der Waals surface area contributed by atoms with E-state index < -0.39 is 11.6 Å². The molecule has 3 nitrogen and oxygen atoms in total. The van der Waals surface area contributed by atoms with Crippen molar-refractivity contribution in [3.8, 4) is 0 Å². The van der Waals surface area contributed by atoms with Gasteiger partial charge in [0.05, 0.1) is 17.6 Å². The van der Waals surface area contributed by atoms with Gasteiger partial charge in [-0.3, -0.25) is 4.90 Å². The minimum Gasteiger partial charge on any atom is -0.341 e. The molecule has 2 heterocycles. The van der Waals surface area contributed by atoms with E-state index in [0.29, 0.717) is 17.6 Å². The second kappa shape index (κ2) is 4.89. The molecule has 1 aliphatic heterocycles. The van der Waals surface area contributed by atoms with Crippen molar-refractivity contribution in [2.45, 2.75) is 26.3 Å². The van der Waals surface area contributed by atoms with Crippen molar-refractivity contribution in [3.05, 3.63) is 29.6 Å². The van der Waals surface area contributed by atoms with Crippen molar-refractivity contribution in [1.29, 1.82) is 0 Å². The largest absolute Gasteiger partial charge is 0.341 e. The number of piperidine rings is 1. The summed E-state index contributed by atoms with van der Waals surface area (Å²) in [4.78, 5) is 9.71. The Morgan fingerprint density at radius 2 is 1.95 bits per heavy atom. The van der Waals surface area contributed by atoms with Gasteiger partial charge in [0.2, 0.25) is 0 Å². The van der Waals surface area contributed by atoms with E-state index >= 15 is 0 Å². The fourth-order valence-electron chi connectivity index (χ4n) is 2.56. The SMILES string of the molecule is CC1CCN(Cc2nc3cc(F)c(F)cc3[nH]2)CC1. The molecule has 19 heavy (non-hydrogen) atoms. The molecule has 0 unspecified atom stereocenters. The van der Waals surface area contributed by atoms with Gasteiger partial charge >= 0.3 is 0 Å². The van der Waals surface area contributed by atoms with Crippen LogP contribution in [0, 0.1) is 17.6 Å². The lowest BCUT2D eigenvalue weighted by molar-refractivity contribution is 0.182. The van der Waals surface area contributed by atoms with Gasteiger partial charge in [0, 0.05) is 12.1 Å². The number of aromatic nitrogens is 2. The highest BCUT2D eigenvalue weighted by Crippen LogP contribution is 2.20. The summed E-state index contributed by atoms with van der Waals surface area (Å²) >= 11 is 0. The Kier molecular flexibility index (Phi) is 3.22. The molecule has 3 rings (SSSR count). The molecule has 1 fully saturated rings. The molecule has 102 valence electrons. The maximum absolute atomic E-state index is 13.1. The molecular weight excluding hydrogens is 248 g/mol. The highest BCUT2D eigenvalue weighted by molar-refractivity contribution is 5.75. The lowest BCUT2D eigenvalue weighted by Gasteiger charge is -2.29. The van der Waals surface area contributed by atoms with Gasteiger partial charge in [-0.15, -0.1) is 0 Å². The second-order valence-electron chi connectivity index (χ2n) is 5.43. The van der Waals surface area contributed by atoms with Crippen molar-refractivity contribution in [2.75, 3.05) is 13.1 Å².